The minimum absolute atomic E-state index is 0.0775. The van der Waals surface area contributed by atoms with Crippen LogP contribution in [0.1, 0.15) is 25.3 Å². The maximum Gasteiger partial charge on any atom is 0.139 e. The van der Waals surface area contributed by atoms with Gasteiger partial charge in [-0.3, -0.25) is 10.3 Å². The number of pyridine rings is 1. The SMILES string of the molecule is CCN1CCCC1CN(C)c1ncccc1C(=N)N. The zero-order chi connectivity index (χ0) is 13.8. The number of nitrogens with zero attached hydrogens (tertiary/aromatic N) is 3. The van der Waals surface area contributed by atoms with E-state index in [0.717, 1.165) is 18.9 Å². The first-order chi connectivity index (χ1) is 9.13. The van der Waals surface area contributed by atoms with E-state index in [0.29, 0.717) is 11.6 Å². The molecule has 0 aromatic carbocycles. The average molecular weight is 261 g/mol. The third-order valence-corrected chi connectivity index (χ3v) is 3.83. The molecule has 1 aliphatic rings. The zero-order valence-corrected chi connectivity index (χ0v) is 11.8. The van der Waals surface area contributed by atoms with Crippen LogP contribution in [0.4, 0.5) is 5.82 Å². The second-order valence-electron chi connectivity index (χ2n) is 5.09. The molecule has 5 heteroatoms. The monoisotopic (exact) mass is 261 g/mol. The standard InChI is InChI=1S/C14H23N5/c1-3-19-9-5-6-11(19)10-18(2)14-12(13(15)16)7-4-8-17-14/h4,7-8,11H,3,5-6,9-10H2,1-2H3,(H3,15,16). The molecule has 1 saturated heterocycles. The second kappa shape index (κ2) is 6.02. The fourth-order valence-electron chi connectivity index (χ4n) is 2.83. The Hall–Kier alpha value is -1.62. The van der Waals surface area contributed by atoms with Gasteiger partial charge in [0.1, 0.15) is 11.7 Å². The predicted octanol–water partition coefficient (Wildman–Crippen LogP) is 1.29. The first-order valence-electron chi connectivity index (χ1n) is 6.88. The summed E-state index contributed by atoms with van der Waals surface area (Å²) in [5.41, 5.74) is 6.33. The van der Waals surface area contributed by atoms with Crippen molar-refractivity contribution in [2.24, 2.45) is 5.73 Å². The highest BCUT2D eigenvalue weighted by atomic mass is 15.2. The molecule has 0 aliphatic carbocycles. The van der Waals surface area contributed by atoms with Gasteiger partial charge in [-0.1, -0.05) is 6.92 Å². The lowest BCUT2D eigenvalue weighted by atomic mass is 10.2. The van der Waals surface area contributed by atoms with Crippen LogP contribution in [0.2, 0.25) is 0 Å². The summed E-state index contributed by atoms with van der Waals surface area (Å²) >= 11 is 0. The molecular formula is C14H23N5. The van der Waals surface area contributed by atoms with Crippen molar-refractivity contribution in [2.45, 2.75) is 25.8 Å². The molecule has 1 unspecified atom stereocenters. The number of rotatable bonds is 5. The minimum Gasteiger partial charge on any atom is -0.384 e. The maximum absolute atomic E-state index is 7.63. The smallest absolute Gasteiger partial charge is 0.139 e. The van der Waals surface area contributed by atoms with E-state index in [1.807, 2.05) is 19.2 Å². The van der Waals surface area contributed by atoms with Crippen LogP contribution < -0.4 is 10.6 Å². The predicted molar refractivity (Wildman–Crippen MR) is 78.8 cm³/mol. The molecule has 1 fully saturated rings. The Morgan fingerprint density at radius 3 is 3.11 bits per heavy atom. The molecule has 1 atom stereocenters. The highest BCUT2D eigenvalue weighted by Gasteiger charge is 2.25. The molecule has 1 aliphatic heterocycles. The third-order valence-electron chi connectivity index (χ3n) is 3.83. The Morgan fingerprint density at radius 2 is 2.42 bits per heavy atom. The van der Waals surface area contributed by atoms with Gasteiger partial charge in [-0.05, 0) is 38.1 Å². The molecule has 3 N–H and O–H groups in total. The molecular weight excluding hydrogens is 238 g/mol. The van der Waals surface area contributed by atoms with Crippen molar-refractivity contribution in [3.05, 3.63) is 23.9 Å². The van der Waals surface area contributed by atoms with Gasteiger partial charge >= 0.3 is 0 Å². The first kappa shape index (κ1) is 13.8. The van der Waals surface area contributed by atoms with E-state index >= 15 is 0 Å². The minimum atomic E-state index is 0.0775. The molecule has 19 heavy (non-hydrogen) atoms. The molecule has 104 valence electrons. The van der Waals surface area contributed by atoms with E-state index in [9.17, 15) is 0 Å². The molecule has 2 rings (SSSR count). The lowest BCUT2D eigenvalue weighted by Crippen LogP contribution is -2.39. The van der Waals surface area contributed by atoms with E-state index in [2.05, 4.69) is 21.7 Å². The van der Waals surface area contributed by atoms with Crippen LogP contribution in [-0.4, -0.2) is 48.4 Å². The highest BCUT2D eigenvalue weighted by Crippen LogP contribution is 2.21. The van der Waals surface area contributed by atoms with Gasteiger partial charge in [0, 0.05) is 25.8 Å². The molecule has 1 aromatic heterocycles. The number of anilines is 1. The lowest BCUT2D eigenvalue weighted by molar-refractivity contribution is 0.270. The van der Waals surface area contributed by atoms with Crippen LogP contribution in [0.5, 0.6) is 0 Å². The summed E-state index contributed by atoms with van der Waals surface area (Å²) in [6, 6.07) is 4.26. The van der Waals surface area contributed by atoms with Gasteiger partial charge in [0.2, 0.25) is 0 Å². The summed E-state index contributed by atoms with van der Waals surface area (Å²) in [4.78, 5) is 9.01. The molecule has 0 saturated carbocycles. The number of likely N-dealkylation sites (N-methyl/N-ethyl adjacent to an activating group) is 2. The first-order valence-corrected chi connectivity index (χ1v) is 6.88. The van der Waals surface area contributed by atoms with Crippen molar-refractivity contribution < 1.29 is 0 Å². The molecule has 1 aromatic rings. The largest absolute Gasteiger partial charge is 0.384 e. The normalized spacial score (nSPS) is 19.6. The summed E-state index contributed by atoms with van der Waals surface area (Å²) in [7, 11) is 2.03. The maximum atomic E-state index is 7.63. The van der Waals surface area contributed by atoms with Crippen molar-refractivity contribution >= 4 is 11.7 Å². The van der Waals surface area contributed by atoms with Crippen LogP contribution in [0.3, 0.4) is 0 Å². The summed E-state index contributed by atoms with van der Waals surface area (Å²) < 4.78 is 0. The van der Waals surface area contributed by atoms with Gasteiger partial charge in [0.25, 0.3) is 0 Å². The van der Waals surface area contributed by atoms with Crippen LogP contribution in [0.15, 0.2) is 18.3 Å². The fourth-order valence-corrected chi connectivity index (χ4v) is 2.83. The van der Waals surface area contributed by atoms with Crippen molar-refractivity contribution in [1.29, 1.82) is 5.41 Å². The summed E-state index contributed by atoms with van der Waals surface area (Å²) in [5, 5.41) is 7.63. The van der Waals surface area contributed by atoms with E-state index in [-0.39, 0.29) is 5.84 Å². The van der Waals surface area contributed by atoms with E-state index in [1.54, 1.807) is 6.20 Å². The van der Waals surface area contributed by atoms with Crippen molar-refractivity contribution in [1.82, 2.24) is 9.88 Å². The van der Waals surface area contributed by atoms with Gasteiger partial charge in [0.15, 0.2) is 0 Å². The topological polar surface area (TPSA) is 69.2 Å². The van der Waals surface area contributed by atoms with Gasteiger partial charge < -0.3 is 10.6 Å². The van der Waals surface area contributed by atoms with E-state index < -0.39 is 0 Å². The number of likely N-dealkylation sites (tertiary alicyclic amines) is 1. The summed E-state index contributed by atoms with van der Waals surface area (Å²) in [6.07, 6.45) is 4.26. The second-order valence-corrected chi connectivity index (χ2v) is 5.09. The Labute approximate surface area is 114 Å². The summed E-state index contributed by atoms with van der Waals surface area (Å²) in [6.45, 7) is 5.43. The van der Waals surface area contributed by atoms with Crippen LogP contribution in [0, 0.1) is 5.41 Å². The Balaban J connectivity index is 2.11. The zero-order valence-electron chi connectivity index (χ0n) is 11.8. The number of nitrogens with two attached hydrogens (primary N) is 1. The van der Waals surface area contributed by atoms with Gasteiger partial charge in [-0.25, -0.2) is 4.98 Å². The van der Waals surface area contributed by atoms with Gasteiger partial charge in [0.05, 0.1) is 5.56 Å². The van der Waals surface area contributed by atoms with Crippen LogP contribution in [-0.2, 0) is 0 Å². The molecule has 5 nitrogen and oxygen atoms in total. The lowest BCUT2D eigenvalue weighted by Gasteiger charge is -2.29. The Morgan fingerprint density at radius 1 is 1.63 bits per heavy atom. The number of hydrogen-bond acceptors (Lipinski definition) is 4. The van der Waals surface area contributed by atoms with Crippen LogP contribution >= 0.6 is 0 Å². The quantitative estimate of drug-likeness (QED) is 0.619. The Kier molecular flexibility index (Phi) is 4.37. The van der Waals surface area contributed by atoms with Gasteiger partial charge in [-0.15, -0.1) is 0 Å². The fraction of sp³-hybridized carbons (Fsp3) is 0.571. The Bertz CT molecular complexity index is 445. The highest BCUT2D eigenvalue weighted by molar-refractivity contribution is 5.99. The van der Waals surface area contributed by atoms with Crippen molar-refractivity contribution in [3.63, 3.8) is 0 Å². The van der Waals surface area contributed by atoms with Crippen molar-refractivity contribution in [3.8, 4) is 0 Å². The van der Waals surface area contributed by atoms with Crippen molar-refractivity contribution in [2.75, 3.05) is 31.6 Å². The molecule has 2 heterocycles. The number of hydrogen-bond donors (Lipinski definition) is 2. The number of amidine groups is 1. The number of nitrogen functional groups attached to an aromatic ring is 1. The van der Waals surface area contributed by atoms with Crippen LogP contribution in [0.25, 0.3) is 0 Å². The summed E-state index contributed by atoms with van der Waals surface area (Å²) in [5.74, 6) is 0.881. The number of aromatic nitrogens is 1. The van der Waals surface area contributed by atoms with E-state index in [4.69, 9.17) is 11.1 Å². The van der Waals surface area contributed by atoms with E-state index in [1.165, 1.54) is 19.4 Å². The molecule has 0 bridgehead atoms. The average Bonchev–Trinajstić information content (AvgIpc) is 2.85. The third kappa shape index (κ3) is 3.04. The van der Waals surface area contributed by atoms with Gasteiger partial charge in [-0.2, -0.15) is 0 Å². The molecule has 0 amide bonds. The molecule has 0 radical (unpaired) electrons. The number of nitrogens with one attached hydrogen (secondary N) is 1. The molecule has 0 spiro atoms.